The standard InChI is InChI=1S/C11H22O4/c1-14-11(13)7-3-2-5-9-15-10-6-4-8-12/h12H,2-10H2,1H3. The first-order chi connectivity index (χ1) is 7.31. The van der Waals surface area contributed by atoms with Gasteiger partial charge in [-0.25, -0.2) is 0 Å². The first kappa shape index (κ1) is 14.4. The van der Waals surface area contributed by atoms with Crippen molar-refractivity contribution in [3.8, 4) is 0 Å². The van der Waals surface area contributed by atoms with E-state index in [1.54, 1.807) is 0 Å². The van der Waals surface area contributed by atoms with Crippen LogP contribution in [0, 0.1) is 0 Å². The Morgan fingerprint density at radius 1 is 1.07 bits per heavy atom. The van der Waals surface area contributed by atoms with Crippen LogP contribution in [-0.4, -0.2) is 38.0 Å². The Hall–Kier alpha value is -0.610. The van der Waals surface area contributed by atoms with E-state index < -0.39 is 0 Å². The van der Waals surface area contributed by atoms with Gasteiger partial charge < -0.3 is 14.6 Å². The van der Waals surface area contributed by atoms with Crippen molar-refractivity contribution in [1.82, 2.24) is 0 Å². The molecule has 0 fully saturated rings. The van der Waals surface area contributed by atoms with E-state index in [4.69, 9.17) is 9.84 Å². The van der Waals surface area contributed by atoms with Crippen molar-refractivity contribution in [2.75, 3.05) is 26.9 Å². The lowest BCUT2D eigenvalue weighted by Crippen LogP contribution is -2.01. The van der Waals surface area contributed by atoms with Crippen LogP contribution in [0.15, 0.2) is 0 Å². The average Bonchev–Trinajstić information content (AvgIpc) is 2.26. The van der Waals surface area contributed by atoms with Gasteiger partial charge >= 0.3 is 5.97 Å². The Bertz CT molecular complexity index is 148. The Kier molecular flexibility index (Phi) is 11.0. The summed E-state index contributed by atoms with van der Waals surface area (Å²) in [7, 11) is 1.41. The van der Waals surface area contributed by atoms with Crippen molar-refractivity contribution >= 4 is 5.97 Å². The third-order valence-electron chi connectivity index (χ3n) is 2.09. The van der Waals surface area contributed by atoms with Crippen LogP contribution in [0.5, 0.6) is 0 Å². The first-order valence-corrected chi connectivity index (χ1v) is 5.56. The number of carbonyl (C=O) groups excluding carboxylic acids is 1. The lowest BCUT2D eigenvalue weighted by molar-refractivity contribution is -0.140. The van der Waals surface area contributed by atoms with E-state index in [9.17, 15) is 4.79 Å². The zero-order chi connectivity index (χ0) is 11.4. The maximum atomic E-state index is 10.7. The van der Waals surface area contributed by atoms with E-state index in [0.717, 1.165) is 45.3 Å². The highest BCUT2D eigenvalue weighted by molar-refractivity contribution is 5.68. The van der Waals surface area contributed by atoms with Gasteiger partial charge in [-0.1, -0.05) is 6.42 Å². The molecule has 0 unspecified atom stereocenters. The van der Waals surface area contributed by atoms with Crippen molar-refractivity contribution in [2.45, 2.75) is 38.5 Å². The maximum Gasteiger partial charge on any atom is 0.305 e. The number of esters is 1. The van der Waals surface area contributed by atoms with Gasteiger partial charge in [0.25, 0.3) is 0 Å². The molecule has 0 spiro atoms. The second-order valence-electron chi connectivity index (χ2n) is 3.43. The van der Waals surface area contributed by atoms with Crippen molar-refractivity contribution in [3.63, 3.8) is 0 Å². The number of hydrogen-bond donors (Lipinski definition) is 1. The lowest BCUT2D eigenvalue weighted by Gasteiger charge is -2.03. The fraction of sp³-hybridized carbons (Fsp3) is 0.909. The third kappa shape index (κ3) is 11.3. The van der Waals surface area contributed by atoms with Gasteiger partial charge in [-0.05, 0) is 25.7 Å². The fourth-order valence-corrected chi connectivity index (χ4v) is 1.17. The van der Waals surface area contributed by atoms with E-state index in [1.165, 1.54) is 7.11 Å². The smallest absolute Gasteiger partial charge is 0.305 e. The van der Waals surface area contributed by atoms with Gasteiger partial charge in [0, 0.05) is 26.2 Å². The van der Waals surface area contributed by atoms with E-state index in [-0.39, 0.29) is 12.6 Å². The quantitative estimate of drug-likeness (QED) is 0.446. The predicted molar refractivity (Wildman–Crippen MR) is 57.6 cm³/mol. The molecule has 0 atom stereocenters. The van der Waals surface area contributed by atoms with Gasteiger partial charge in [0.1, 0.15) is 0 Å². The molecule has 0 saturated heterocycles. The van der Waals surface area contributed by atoms with E-state index in [0.29, 0.717) is 6.42 Å². The summed E-state index contributed by atoms with van der Waals surface area (Å²) >= 11 is 0. The SMILES string of the molecule is COC(=O)CCCCCOCCCCO. The molecule has 4 nitrogen and oxygen atoms in total. The molecule has 0 aromatic carbocycles. The minimum absolute atomic E-state index is 0.140. The highest BCUT2D eigenvalue weighted by Crippen LogP contribution is 2.01. The Labute approximate surface area is 91.6 Å². The van der Waals surface area contributed by atoms with Crippen LogP contribution in [0.4, 0.5) is 0 Å². The molecule has 1 N–H and O–H groups in total. The molecular weight excluding hydrogens is 196 g/mol. The van der Waals surface area contributed by atoms with E-state index in [2.05, 4.69) is 4.74 Å². The van der Waals surface area contributed by atoms with Crippen molar-refractivity contribution in [3.05, 3.63) is 0 Å². The molecule has 0 aromatic rings. The highest BCUT2D eigenvalue weighted by atomic mass is 16.5. The maximum absolute atomic E-state index is 10.7. The monoisotopic (exact) mass is 218 g/mol. The third-order valence-corrected chi connectivity index (χ3v) is 2.09. The molecule has 0 heterocycles. The van der Waals surface area contributed by atoms with Crippen LogP contribution in [0.3, 0.4) is 0 Å². The molecule has 4 heteroatoms. The van der Waals surface area contributed by atoms with Gasteiger partial charge in [-0.15, -0.1) is 0 Å². The summed E-state index contributed by atoms with van der Waals surface area (Å²) in [6.45, 7) is 1.70. The van der Waals surface area contributed by atoms with Crippen molar-refractivity contribution < 1.29 is 19.4 Å². The van der Waals surface area contributed by atoms with E-state index >= 15 is 0 Å². The van der Waals surface area contributed by atoms with Crippen LogP contribution in [0.2, 0.25) is 0 Å². The minimum atomic E-state index is -0.140. The molecule has 0 radical (unpaired) electrons. The second kappa shape index (κ2) is 11.5. The number of ether oxygens (including phenoxy) is 2. The number of carbonyl (C=O) groups is 1. The summed E-state index contributed by atoms with van der Waals surface area (Å²) in [6.07, 6.45) is 5.07. The Balaban J connectivity index is 2.95. The molecule has 0 amide bonds. The summed E-state index contributed by atoms with van der Waals surface area (Å²) in [5.41, 5.74) is 0. The molecule has 0 bridgehead atoms. The molecule has 0 rings (SSSR count). The molecule has 0 aromatic heterocycles. The lowest BCUT2D eigenvalue weighted by atomic mass is 10.2. The topological polar surface area (TPSA) is 55.8 Å². The van der Waals surface area contributed by atoms with Gasteiger partial charge in [0.15, 0.2) is 0 Å². The first-order valence-electron chi connectivity index (χ1n) is 5.56. The predicted octanol–water partition coefficient (Wildman–Crippen LogP) is 1.51. The van der Waals surface area contributed by atoms with Gasteiger partial charge in [-0.2, -0.15) is 0 Å². The normalized spacial score (nSPS) is 10.3. The number of unbranched alkanes of at least 4 members (excludes halogenated alkanes) is 3. The summed E-state index contributed by atoms with van der Waals surface area (Å²) in [4.78, 5) is 10.7. The second-order valence-corrected chi connectivity index (χ2v) is 3.43. The van der Waals surface area contributed by atoms with Crippen LogP contribution in [0.1, 0.15) is 38.5 Å². The van der Waals surface area contributed by atoms with Gasteiger partial charge in [0.05, 0.1) is 7.11 Å². The van der Waals surface area contributed by atoms with Crippen LogP contribution in [0.25, 0.3) is 0 Å². The molecular formula is C11H22O4. The fourth-order valence-electron chi connectivity index (χ4n) is 1.17. The summed E-state index contributed by atoms with van der Waals surface area (Å²) < 4.78 is 9.87. The minimum Gasteiger partial charge on any atom is -0.469 e. The van der Waals surface area contributed by atoms with Crippen LogP contribution < -0.4 is 0 Å². The molecule has 0 aliphatic heterocycles. The molecule has 0 aliphatic carbocycles. The number of methoxy groups -OCH3 is 1. The highest BCUT2D eigenvalue weighted by Gasteiger charge is 1.98. The Morgan fingerprint density at radius 3 is 2.33 bits per heavy atom. The van der Waals surface area contributed by atoms with Gasteiger partial charge in [0.2, 0.25) is 0 Å². The molecule has 90 valence electrons. The Morgan fingerprint density at radius 2 is 1.73 bits per heavy atom. The summed E-state index contributed by atoms with van der Waals surface area (Å²) in [5.74, 6) is -0.140. The van der Waals surface area contributed by atoms with Crippen LogP contribution in [-0.2, 0) is 14.3 Å². The summed E-state index contributed by atoms with van der Waals surface area (Å²) in [6, 6.07) is 0. The zero-order valence-corrected chi connectivity index (χ0v) is 9.54. The largest absolute Gasteiger partial charge is 0.469 e. The number of aliphatic hydroxyl groups excluding tert-OH is 1. The van der Waals surface area contributed by atoms with Crippen molar-refractivity contribution in [2.24, 2.45) is 0 Å². The molecule has 0 aliphatic rings. The summed E-state index contributed by atoms with van der Waals surface area (Å²) in [5, 5.41) is 8.51. The van der Waals surface area contributed by atoms with Crippen LogP contribution >= 0.6 is 0 Å². The molecule has 15 heavy (non-hydrogen) atoms. The number of aliphatic hydroxyl groups is 1. The zero-order valence-electron chi connectivity index (χ0n) is 9.54. The number of rotatable bonds is 10. The molecule has 0 saturated carbocycles. The average molecular weight is 218 g/mol. The van der Waals surface area contributed by atoms with Crippen molar-refractivity contribution in [1.29, 1.82) is 0 Å². The van der Waals surface area contributed by atoms with E-state index in [1.807, 2.05) is 0 Å². The van der Waals surface area contributed by atoms with Gasteiger partial charge in [-0.3, -0.25) is 4.79 Å². The number of hydrogen-bond acceptors (Lipinski definition) is 4.